The molecular formula is C28H36N4OS. The van der Waals surface area contributed by atoms with Crippen molar-refractivity contribution in [1.82, 2.24) is 9.88 Å². The molecule has 1 aromatic heterocycles. The van der Waals surface area contributed by atoms with E-state index in [4.69, 9.17) is 0 Å². The Kier molecular flexibility index (Phi) is 8.35. The molecule has 3 aromatic rings. The highest BCUT2D eigenvalue weighted by Crippen LogP contribution is 2.30. The Morgan fingerprint density at radius 2 is 1.94 bits per heavy atom. The fourth-order valence-corrected chi connectivity index (χ4v) is 5.59. The average Bonchev–Trinajstić information content (AvgIpc) is 3.30. The SMILES string of the molecule is Cc1csc([C@@H](C)N(C)C2CCN(c3cccc(NC(=O)CCCc4ccccc4)c3)CC2)n1. The predicted octanol–water partition coefficient (Wildman–Crippen LogP) is 6.07. The van der Waals surface area contributed by atoms with Crippen LogP contribution in [0.25, 0.3) is 0 Å². The molecule has 0 spiro atoms. The van der Waals surface area contributed by atoms with E-state index >= 15 is 0 Å². The first kappa shape index (κ1) is 24.4. The third kappa shape index (κ3) is 6.45. The number of anilines is 2. The molecule has 2 aromatic carbocycles. The van der Waals surface area contributed by atoms with Gasteiger partial charge in [0.25, 0.3) is 0 Å². The van der Waals surface area contributed by atoms with Crippen LogP contribution >= 0.6 is 11.3 Å². The van der Waals surface area contributed by atoms with Gasteiger partial charge in [-0.1, -0.05) is 36.4 Å². The molecule has 1 aliphatic rings. The van der Waals surface area contributed by atoms with Crippen LogP contribution in [0.5, 0.6) is 0 Å². The minimum atomic E-state index is 0.0832. The zero-order valence-corrected chi connectivity index (χ0v) is 21.4. The topological polar surface area (TPSA) is 48.5 Å². The van der Waals surface area contributed by atoms with Gasteiger partial charge in [0, 0.05) is 48.0 Å². The zero-order valence-electron chi connectivity index (χ0n) is 20.5. The number of aromatic nitrogens is 1. The molecule has 1 fully saturated rings. The van der Waals surface area contributed by atoms with Crippen molar-refractivity contribution < 1.29 is 4.79 Å². The summed E-state index contributed by atoms with van der Waals surface area (Å²) in [4.78, 5) is 22.1. The van der Waals surface area contributed by atoms with E-state index < -0.39 is 0 Å². The van der Waals surface area contributed by atoms with E-state index in [1.807, 2.05) is 30.3 Å². The Morgan fingerprint density at radius 3 is 2.65 bits per heavy atom. The molecule has 1 N–H and O–H groups in total. The van der Waals surface area contributed by atoms with E-state index in [0.29, 0.717) is 18.5 Å². The van der Waals surface area contributed by atoms with Crippen LogP contribution in [0.4, 0.5) is 11.4 Å². The number of nitrogens with zero attached hydrogens (tertiary/aromatic N) is 3. The summed E-state index contributed by atoms with van der Waals surface area (Å²) in [5.74, 6) is 0.0832. The lowest BCUT2D eigenvalue weighted by molar-refractivity contribution is -0.116. The van der Waals surface area contributed by atoms with Crippen molar-refractivity contribution in [2.45, 2.75) is 58.0 Å². The zero-order chi connectivity index (χ0) is 23.9. The minimum Gasteiger partial charge on any atom is -0.371 e. The van der Waals surface area contributed by atoms with Crippen LogP contribution in [-0.2, 0) is 11.2 Å². The minimum absolute atomic E-state index is 0.0832. The average molecular weight is 477 g/mol. The standard InChI is InChI=1S/C28H36N4OS/c1-21-20-34-28(29-21)22(2)31(3)25-15-17-32(18-16-25)26-13-8-12-24(19-26)30-27(33)14-7-11-23-9-5-4-6-10-23/h4-6,8-10,12-13,19-20,22,25H,7,11,14-18H2,1-3H3,(H,30,33)/t22-/m1/s1. The van der Waals surface area contributed by atoms with Crippen LogP contribution in [-0.4, -0.2) is 42.0 Å². The summed E-state index contributed by atoms with van der Waals surface area (Å²) in [5, 5.41) is 6.43. The van der Waals surface area contributed by atoms with E-state index in [1.165, 1.54) is 16.3 Å². The van der Waals surface area contributed by atoms with Crippen LogP contribution in [0.15, 0.2) is 60.0 Å². The van der Waals surface area contributed by atoms with Crippen LogP contribution in [0.3, 0.4) is 0 Å². The van der Waals surface area contributed by atoms with E-state index in [2.05, 4.69) is 70.6 Å². The van der Waals surface area contributed by atoms with Gasteiger partial charge in [-0.15, -0.1) is 11.3 Å². The normalized spacial score (nSPS) is 15.5. The first-order valence-electron chi connectivity index (χ1n) is 12.3. The summed E-state index contributed by atoms with van der Waals surface area (Å²) in [7, 11) is 2.23. The molecule has 180 valence electrons. The highest BCUT2D eigenvalue weighted by molar-refractivity contribution is 7.09. The van der Waals surface area contributed by atoms with Gasteiger partial charge in [-0.05, 0) is 70.3 Å². The van der Waals surface area contributed by atoms with Gasteiger partial charge < -0.3 is 10.2 Å². The van der Waals surface area contributed by atoms with Crippen molar-refractivity contribution in [3.05, 3.63) is 76.2 Å². The fraction of sp³-hybridized carbons (Fsp3) is 0.429. The van der Waals surface area contributed by atoms with Crippen molar-refractivity contribution in [1.29, 1.82) is 0 Å². The molecule has 1 aliphatic heterocycles. The fourth-order valence-electron chi connectivity index (χ4n) is 4.69. The van der Waals surface area contributed by atoms with Crippen LogP contribution in [0.1, 0.15) is 54.9 Å². The second-order valence-corrected chi connectivity index (χ2v) is 10.2. The number of carbonyl (C=O) groups excluding carboxylic acids is 1. The summed E-state index contributed by atoms with van der Waals surface area (Å²) in [6.07, 6.45) is 4.57. The number of thiazole rings is 1. The number of carbonyl (C=O) groups is 1. The molecule has 1 saturated heterocycles. The number of hydrogen-bond acceptors (Lipinski definition) is 5. The largest absolute Gasteiger partial charge is 0.371 e. The van der Waals surface area contributed by atoms with Gasteiger partial charge in [-0.2, -0.15) is 0 Å². The third-order valence-corrected chi connectivity index (χ3v) is 7.99. The Hall–Kier alpha value is -2.70. The lowest BCUT2D eigenvalue weighted by atomic mass is 10.0. The van der Waals surface area contributed by atoms with Crippen LogP contribution in [0.2, 0.25) is 0 Å². The van der Waals surface area contributed by atoms with Gasteiger partial charge >= 0.3 is 0 Å². The summed E-state index contributed by atoms with van der Waals surface area (Å²) in [6.45, 7) is 6.36. The van der Waals surface area contributed by atoms with Gasteiger partial charge in [-0.3, -0.25) is 9.69 Å². The maximum absolute atomic E-state index is 12.5. The third-order valence-electron chi connectivity index (χ3n) is 6.85. The molecule has 34 heavy (non-hydrogen) atoms. The Balaban J connectivity index is 1.25. The first-order chi connectivity index (χ1) is 16.5. The Morgan fingerprint density at radius 1 is 1.18 bits per heavy atom. The molecular weight excluding hydrogens is 440 g/mol. The maximum atomic E-state index is 12.5. The number of amides is 1. The summed E-state index contributed by atoms with van der Waals surface area (Å²) in [6, 6.07) is 19.5. The van der Waals surface area contributed by atoms with Crippen molar-refractivity contribution in [2.24, 2.45) is 0 Å². The van der Waals surface area contributed by atoms with Gasteiger partial charge in [-0.25, -0.2) is 4.98 Å². The Bertz CT molecular complexity index is 1060. The van der Waals surface area contributed by atoms with Gasteiger partial charge in [0.1, 0.15) is 5.01 Å². The van der Waals surface area contributed by atoms with Crippen molar-refractivity contribution in [2.75, 3.05) is 30.4 Å². The van der Waals surface area contributed by atoms with Crippen molar-refractivity contribution >= 4 is 28.6 Å². The number of piperidine rings is 1. The highest BCUT2D eigenvalue weighted by Gasteiger charge is 2.27. The molecule has 6 heteroatoms. The second kappa shape index (κ2) is 11.6. The van der Waals surface area contributed by atoms with Crippen molar-refractivity contribution in [3.8, 4) is 0 Å². The molecule has 5 nitrogen and oxygen atoms in total. The molecule has 4 rings (SSSR count). The van der Waals surface area contributed by atoms with Crippen molar-refractivity contribution in [3.63, 3.8) is 0 Å². The van der Waals surface area contributed by atoms with Gasteiger partial charge in [0.15, 0.2) is 0 Å². The van der Waals surface area contributed by atoms with Crippen LogP contribution in [0, 0.1) is 6.92 Å². The molecule has 0 radical (unpaired) electrons. The lowest BCUT2D eigenvalue weighted by Gasteiger charge is -2.39. The second-order valence-electron chi connectivity index (χ2n) is 9.32. The monoisotopic (exact) mass is 476 g/mol. The summed E-state index contributed by atoms with van der Waals surface area (Å²) >= 11 is 1.76. The van der Waals surface area contributed by atoms with Gasteiger partial charge in [0.05, 0.1) is 6.04 Å². The molecule has 0 saturated carbocycles. The molecule has 1 amide bonds. The summed E-state index contributed by atoms with van der Waals surface area (Å²) < 4.78 is 0. The number of aryl methyl sites for hydroxylation is 2. The lowest BCUT2D eigenvalue weighted by Crippen LogP contribution is -2.44. The first-order valence-corrected chi connectivity index (χ1v) is 13.2. The Labute approximate surface area is 207 Å². The highest BCUT2D eigenvalue weighted by atomic mass is 32.1. The quantitative estimate of drug-likeness (QED) is 0.407. The molecule has 0 unspecified atom stereocenters. The molecule has 0 aliphatic carbocycles. The number of hydrogen-bond donors (Lipinski definition) is 1. The van der Waals surface area contributed by atoms with Gasteiger partial charge in [0.2, 0.25) is 5.91 Å². The van der Waals surface area contributed by atoms with E-state index in [1.54, 1.807) is 11.3 Å². The molecule has 1 atom stereocenters. The number of benzene rings is 2. The van der Waals surface area contributed by atoms with Crippen LogP contribution < -0.4 is 10.2 Å². The number of nitrogens with one attached hydrogen (secondary N) is 1. The smallest absolute Gasteiger partial charge is 0.224 e. The van der Waals surface area contributed by atoms with E-state index in [9.17, 15) is 4.79 Å². The molecule has 0 bridgehead atoms. The maximum Gasteiger partial charge on any atom is 0.224 e. The molecule has 2 heterocycles. The van der Waals surface area contributed by atoms with E-state index in [-0.39, 0.29) is 5.91 Å². The number of rotatable bonds is 9. The summed E-state index contributed by atoms with van der Waals surface area (Å²) in [5.41, 5.74) is 4.46. The predicted molar refractivity (Wildman–Crippen MR) is 143 cm³/mol. The van der Waals surface area contributed by atoms with E-state index in [0.717, 1.165) is 50.2 Å².